The molecule has 0 fully saturated rings. The van der Waals surface area contributed by atoms with Gasteiger partial charge in [-0.1, -0.05) is 0 Å². The third kappa shape index (κ3) is 3.98. The van der Waals surface area contributed by atoms with Gasteiger partial charge in [0.25, 0.3) is 5.91 Å². The summed E-state index contributed by atoms with van der Waals surface area (Å²) >= 11 is 0. The number of hydrogen-bond donors (Lipinski definition) is 2. The van der Waals surface area contributed by atoms with Gasteiger partial charge >= 0.3 is 6.03 Å². The molecule has 0 aromatic heterocycles. The number of ether oxygens (including phenoxy) is 2. The second-order valence-corrected chi connectivity index (χ2v) is 3.64. The SMILES string of the molecule is COc1cc(C=O)ccc1OC(C)C(=O)NC(N)=O. The number of imide groups is 1. The molecule has 1 atom stereocenters. The van der Waals surface area contributed by atoms with Crippen molar-refractivity contribution in [3.05, 3.63) is 23.8 Å². The minimum absolute atomic E-state index is 0.278. The first-order valence-electron chi connectivity index (χ1n) is 5.38. The van der Waals surface area contributed by atoms with E-state index < -0.39 is 18.0 Å². The zero-order chi connectivity index (χ0) is 14.4. The van der Waals surface area contributed by atoms with Crippen molar-refractivity contribution in [2.75, 3.05) is 7.11 Å². The number of carbonyl (C=O) groups excluding carboxylic acids is 3. The van der Waals surface area contributed by atoms with E-state index in [2.05, 4.69) is 0 Å². The van der Waals surface area contributed by atoms with Crippen LogP contribution in [0.1, 0.15) is 17.3 Å². The van der Waals surface area contributed by atoms with Crippen LogP contribution in [0.15, 0.2) is 18.2 Å². The number of nitrogens with two attached hydrogens (primary N) is 1. The molecule has 0 aliphatic carbocycles. The first-order chi connectivity index (χ1) is 8.97. The molecule has 0 spiro atoms. The van der Waals surface area contributed by atoms with E-state index in [1.54, 1.807) is 0 Å². The van der Waals surface area contributed by atoms with E-state index in [0.29, 0.717) is 17.6 Å². The summed E-state index contributed by atoms with van der Waals surface area (Å²) in [5.74, 6) is -0.0856. The fourth-order valence-electron chi connectivity index (χ4n) is 1.32. The van der Waals surface area contributed by atoms with Gasteiger partial charge in [0.15, 0.2) is 17.6 Å². The third-order valence-corrected chi connectivity index (χ3v) is 2.24. The molecule has 1 unspecified atom stereocenters. The standard InChI is InChI=1S/C12H14N2O5/c1-7(11(16)14-12(13)17)19-9-4-3-8(6-15)5-10(9)18-2/h3-7H,1-2H3,(H3,13,14,16,17). The lowest BCUT2D eigenvalue weighted by Gasteiger charge is -2.15. The lowest BCUT2D eigenvalue weighted by atomic mass is 10.2. The zero-order valence-corrected chi connectivity index (χ0v) is 10.5. The number of urea groups is 1. The van der Waals surface area contributed by atoms with Crippen molar-refractivity contribution in [2.24, 2.45) is 5.73 Å². The number of benzene rings is 1. The zero-order valence-electron chi connectivity index (χ0n) is 10.5. The smallest absolute Gasteiger partial charge is 0.318 e. The van der Waals surface area contributed by atoms with Crippen molar-refractivity contribution in [1.82, 2.24) is 5.32 Å². The summed E-state index contributed by atoms with van der Waals surface area (Å²) in [7, 11) is 1.41. The maximum Gasteiger partial charge on any atom is 0.318 e. The second-order valence-electron chi connectivity index (χ2n) is 3.64. The fourth-order valence-corrected chi connectivity index (χ4v) is 1.32. The molecule has 1 aromatic rings. The second kappa shape index (κ2) is 6.39. The van der Waals surface area contributed by atoms with E-state index in [4.69, 9.17) is 15.2 Å². The van der Waals surface area contributed by atoms with Crippen molar-refractivity contribution < 1.29 is 23.9 Å². The Hall–Kier alpha value is -2.57. The molecular weight excluding hydrogens is 252 g/mol. The number of hydrogen-bond acceptors (Lipinski definition) is 5. The number of rotatable bonds is 5. The van der Waals surface area contributed by atoms with Crippen LogP contribution in [0.4, 0.5) is 4.79 Å². The van der Waals surface area contributed by atoms with E-state index in [-0.39, 0.29) is 5.75 Å². The highest BCUT2D eigenvalue weighted by atomic mass is 16.5. The maximum atomic E-state index is 11.4. The van der Waals surface area contributed by atoms with Gasteiger partial charge in [0.2, 0.25) is 0 Å². The van der Waals surface area contributed by atoms with Crippen LogP contribution in [0, 0.1) is 0 Å². The number of amides is 3. The van der Waals surface area contributed by atoms with Gasteiger partial charge in [-0.2, -0.15) is 0 Å². The predicted molar refractivity (Wildman–Crippen MR) is 66.2 cm³/mol. The monoisotopic (exact) mass is 266 g/mol. The van der Waals surface area contributed by atoms with Crippen LogP contribution < -0.4 is 20.5 Å². The maximum absolute atomic E-state index is 11.4. The third-order valence-electron chi connectivity index (χ3n) is 2.24. The van der Waals surface area contributed by atoms with Crippen LogP contribution in [-0.2, 0) is 4.79 Å². The van der Waals surface area contributed by atoms with Gasteiger partial charge in [0, 0.05) is 5.56 Å². The molecule has 3 N–H and O–H groups in total. The van der Waals surface area contributed by atoms with Gasteiger partial charge in [-0.3, -0.25) is 14.9 Å². The van der Waals surface area contributed by atoms with Gasteiger partial charge in [-0.25, -0.2) is 4.79 Å². The van der Waals surface area contributed by atoms with E-state index in [9.17, 15) is 14.4 Å². The molecule has 1 aromatic carbocycles. The Morgan fingerprint density at radius 2 is 2.05 bits per heavy atom. The number of carbonyl (C=O) groups is 3. The summed E-state index contributed by atoms with van der Waals surface area (Å²) in [5.41, 5.74) is 5.24. The molecule has 0 saturated carbocycles. The Kier molecular flexibility index (Phi) is 4.87. The van der Waals surface area contributed by atoms with Crippen molar-refractivity contribution in [2.45, 2.75) is 13.0 Å². The molecule has 0 aliphatic heterocycles. The first kappa shape index (κ1) is 14.5. The summed E-state index contributed by atoms with van der Waals surface area (Å²) in [5, 5.41) is 1.90. The topological polar surface area (TPSA) is 108 Å². The van der Waals surface area contributed by atoms with Crippen molar-refractivity contribution in [3.63, 3.8) is 0 Å². The Labute approximate surface area is 109 Å². The average molecular weight is 266 g/mol. The molecule has 0 aliphatic rings. The fraction of sp³-hybridized carbons (Fsp3) is 0.250. The van der Waals surface area contributed by atoms with Crippen molar-refractivity contribution in [3.8, 4) is 11.5 Å². The predicted octanol–water partition coefficient (Wildman–Crippen LogP) is 0.470. The first-order valence-corrected chi connectivity index (χ1v) is 5.38. The average Bonchev–Trinajstić information content (AvgIpc) is 2.38. The number of primary amides is 1. The Morgan fingerprint density at radius 1 is 1.37 bits per heavy atom. The summed E-state index contributed by atoms with van der Waals surface area (Å²) in [4.78, 5) is 32.6. The van der Waals surface area contributed by atoms with Gasteiger partial charge in [-0.15, -0.1) is 0 Å². The van der Waals surface area contributed by atoms with Crippen LogP contribution in [0.25, 0.3) is 0 Å². The summed E-state index contributed by atoms with van der Waals surface area (Å²) < 4.78 is 10.4. The highest BCUT2D eigenvalue weighted by Gasteiger charge is 2.18. The normalized spacial score (nSPS) is 11.3. The van der Waals surface area contributed by atoms with Gasteiger partial charge in [0.1, 0.15) is 6.29 Å². The van der Waals surface area contributed by atoms with Crippen LogP contribution in [-0.4, -0.2) is 31.4 Å². The molecule has 3 amide bonds. The Bertz CT molecular complexity index is 501. The van der Waals surface area contributed by atoms with E-state index in [1.807, 2.05) is 5.32 Å². The molecule has 7 nitrogen and oxygen atoms in total. The molecule has 0 bridgehead atoms. The Morgan fingerprint density at radius 3 is 2.58 bits per heavy atom. The van der Waals surface area contributed by atoms with Gasteiger partial charge < -0.3 is 15.2 Å². The minimum atomic E-state index is -0.955. The van der Waals surface area contributed by atoms with Crippen molar-refractivity contribution in [1.29, 1.82) is 0 Å². The van der Waals surface area contributed by atoms with Crippen LogP contribution in [0.5, 0.6) is 11.5 Å². The number of methoxy groups -OCH3 is 1. The van der Waals surface area contributed by atoms with Crippen molar-refractivity contribution >= 4 is 18.2 Å². The van der Waals surface area contributed by atoms with E-state index in [1.165, 1.54) is 32.2 Å². The van der Waals surface area contributed by atoms with Gasteiger partial charge in [-0.05, 0) is 25.1 Å². The molecule has 0 heterocycles. The largest absolute Gasteiger partial charge is 0.493 e. The molecule has 19 heavy (non-hydrogen) atoms. The summed E-state index contributed by atoms with van der Waals surface area (Å²) in [6.07, 6.45) is -0.279. The molecule has 0 radical (unpaired) electrons. The quantitative estimate of drug-likeness (QED) is 0.753. The summed E-state index contributed by atoms with van der Waals surface area (Å²) in [6.45, 7) is 1.45. The number of aldehydes is 1. The highest BCUT2D eigenvalue weighted by molar-refractivity contribution is 5.95. The molecule has 102 valence electrons. The van der Waals surface area contributed by atoms with Gasteiger partial charge in [0.05, 0.1) is 7.11 Å². The van der Waals surface area contributed by atoms with Crippen LogP contribution >= 0.6 is 0 Å². The lowest BCUT2D eigenvalue weighted by molar-refractivity contribution is -0.126. The molecule has 1 rings (SSSR count). The number of nitrogens with one attached hydrogen (secondary N) is 1. The highest BCUT2D eigenvalue weighted by Crippen LogP contribution is 2.28. The van der Waals surface area contributed by atoms with E-state index in [0.717, 1.165) is 0 Å². The minimum Gasteiger partial charge on any atom is -0.493 e. The summed E-state index contributed by atoms with van der Waals surface area (Å²) in [6, 6.07) is 3.53. The van der Waals surface area contributed by atoms with E-state index >= 15 is 0 Å². The lowest BCUT2D eigenvalue weighted by Crippen LogP contribution is -2.42. The molecule has 0 saturated heterocycles. The molecular formula is C12H14N2O5. The van der Waals surface area contributed by atoms with Crippen LogP contribution in [0.2, 0.25) is 0 Å². The Balaban J connectivity index is 2.84. The molecule has 7 heteroatoms. The van der Waals surface area contributed by atoms with Crippen LogP contribution in [0.3, 0.4) is 0 Å².